The Balaban J connectivity index is 1.53. The third-order valence-electron chi connectivity index (χ3n) is 5.88. The van der Waals surface area contributed by atoms with Gasteiger partial charge in [0, 0.05) is 29.2 Å². The molecule has 142 valence electrons. The van der Waals surface area contributed by atoms with Crippen molar-refractivity contribution < 1.29 is 4.79 Å². The predicted octanol–water partition coefficient (Wildman–Crippen LogP) is 3.80. The number of H-pyrrole nitrogens is 3. The Bertz CT molecular complexity index is 1280. The van der Waals surface area contributed by atoms with Gasteiger partial charge in [0.25, 0.3) is 5.91 Å². The Labute approximate surface area is 161 Å². The van der Waals surface area contributed by atoms with E-state index in [0.29, 0.717) is 16.6 Å². The number of imidazole rings is 1. The summed E-state index contributed by atoms with van der Waals surface area (Å²) in [5.74, 6) is -0.0448. The highest BCUT2D eigenvalue weighted by Gasteiger charge is 2.30. The third-order valence-corrected chi connectivity index (χ3v) is 5.88. The minimum atomic E-state index is -0.266. The average molecular weight is 374 g/mol. The maximum absolute atomic E-state index is 13.2. The van der Waals surface area contributed by atoms with E-state index in [1.807, 2.05) is 11.9 Å². The van der Waals surface area contributed by atoms with Crippen molar-refractivity contribution in [3.05, 3.63) is 69.3 Å². The quantitative estimate of drug-likeness (QED) is 0.499. The number of fused-ring (bicyclic) bond motifs is 4. The van der Waals surface area contributed by atoms with E-state index in [2.05, 4.69) is 40.1 Å². The molecule has 2 heterocycles. The maximum atomic E-state index is 13.2. The molecule has 0 aliphatic heterocycles. The number of rotatable bonds is 2. The number of aryl methyl sites for hydroxylation is 2. The second-order valence-electron chi connectivity index (χ2n) is 7.73. The lowest BCUT2D eigenvalue weighted by atomic mass is 9.90. The molecule has 1 unspecified atom stereocenters. The number of aromatic amines is 3. The first-order chi connectivity index (χ1) is 13.5. The molecule has 1 aliphatic rings. The lowest BCUT2D eigenvalue weighted by molar-refractivity contribution is 0.0712. The zero-order valence-electron chi connectivity index (χ0n) is 15.9. The summed E-state index contributed by atoms with van der Waals surface area (Å²) in [5, 5.41) is 1.27. The van der Waals surface area contributed by atoms with Crippen molar-refractivity contribution in [1.29, 1.82) is 0 Å². The van der Waals surface area contributed by atoms with Crippen LogP contribution < -0.4 is 5.69 Å². The van der Waals surface area contributed by atoms with Crippen LogP contribution in [0, 0.1) is 6.92 Å². The molecule has 0 bridgehead atoms. The molecule has 1 aliphatic carbocycles. The molecule has 3 N–H and O–H groups in total. The molecule has 1 amide bonds. The smallest absolute Gasteiger partial charge is 0.323 e. The highest BCUT2D eigenvalue weighted by Crippen LogP contribution is 2.38. The number of amides is 1. The van der Waals surface area contributed by atoms with Gasteiger partial charge in [-0.2, -0.15) is 0 Å². The first-order valence-electron chi connectivity index (χ1n) is 9.61. The van der Waals surface area contributed by atoms with E-state index in [0.717, 1.165) is 30.5 Å². The van der Waals surface area contributed by atoms with E-state index >= 15 is 0 Å². The van der Waals surface area contributed by atoms with Gasteiger partial charge in [-0.3, -0.25) is 4.79 Å². The number of carbonyl (C=O) groups excluding carboxylic acids is 1. The summed E-state index contributed by atoms with van der Waals surface area (Å²) < 4.78 is 0. The number of nitrogens with one attached hydrogen (secondary N) is 3. The van der Waals surface area contributed by atoms with Crippen LogP contribution in [0.15, 0.2) is 41.2 Å². The summed E-state index contributed by atoms with van der Waals surface area (Å²) in [4.78, 5) is 35.5. The van der Waals surface area contributed by atoms with Gasteiger partial charge in [0.1, 0.15) is 0 Å². The van der Waals surface area contributed by atoms with Gasteiger partial charge < -0.3 is 19.9 Å². The number of carbonyl (C=O) groups is 1. The van der Waals surface area contributed by atoms with Crippen molar-refractivity contribution in [3.63, 3.8) is 0 Å². The number of nitrogens with zero attached hydrogens (tertiary/aromatic N) is 1. The second-order valence-corrected chi connectivity index (χ2v) is 7.73. The van der Waals surface area contributed by atoms with Crippen LogP contribution in [0.4, 0.5) is 0 Å². The largest absolute Gasteiger partial charge is 0.356 e. The molecular weight excluding hydrogens is 352 g/mol. The summed E-state index contributed by atoms with van der Waals surface area (Å²) >= 11 is 0. The van der Waals surface area contributed by atoms with Crippen molar-refractivity contribution >= 4 is 27.8 Å². The molecule has 6 heteroatoms. The molecule has 0 fully saturated rings. The lowest BCUT2D eigenvalue weighted by Gasteiger charge is -2.31. The Morgan fingerprint density at radius 1 is 1.04 bits per heavy atom. The van der Waals surface area contributed by atoms with E-state index in [4.69, 9.17) is 0 Å². The molecule has 0 saturated heterocycles. The highest BCUT2D eigenvalue weighted by molar-refractivity contribution is 5.97. The van der Waals surface area contributed by atoms with Crippen LogP contribution in [-0.2, 0) is 6.42 Å². The van der Waals surface area contributed by atoms with Gasteiger partial charge in [0.2, 0.25) is 0 Å². The standard InChI is InChI=1S/C22H22N4O2/c1-12-6-8-16-15(10-12)14-4-3-5-19(20(14)23-16)26(2)21(27)13-7-9-17-18(11-13)25-22(28)24-17/h6-11,19,23H,3-5H2,1-2H3,(H2,24,25,28). The highest BCUT2D eigenvalue weighted by atomic mass is 16.2. The van der Waals surface area contributed by atoms with Crippen LogP contribution in [0.1, 0.15) is 46.1 Å². The molecule has 28 heavy (non-hydrogen) atoms. The molecule has 0 saturated carbocycles. The normalized spacial score (nSPS) is 16.4. The number of hydrogen-bond donors (Lipinski definition) is 3. The molecule has 1 atom stereocenters. The fourth-order valence-corrected chi connectivity index (χ4v) is 4.45. The van der Waals surface area contributed by atoms with Gasteiger partial charge in [-0.25, -0.2) is 4.79 Å². The lowest BCUT2D eigenvalue weighted by Crippen LogP contribution is -2.33. The van der Waals surface area contributed by atoms with Crippen LogP contribution in [0.5, 0.6) is 0 Å². The van der Waals surface area contributed by atoms with Gasteiger partial charge >= 0.3 is 5.69 Å². The number of hydrogen-bond acceptors (Lipinski definition) is 2. The minimum Gasteiger partial charge on any atom is -0.356 e. The van der Waals surface area contributed by atoms with Crippen LogP contribution >= 0.6 is 0 Å². The average Bonchev–Trinajstić information content (AvgIpc) is 3.25. The number of benzene rings is 2. The second kappa shape index (κ2) is 6.12. The molecule has 0 spiro atoms. The molecule has 2 aromatic carbocycles. The van der Waals surface area contributed by atoms with E-state index < -0.39 is 0 Å². The summed E-state index contributed by atoms with van der Waals surface area (Å²) in [7, 11) is 1.86. The van der Waals surface area contributed by atoms with E-state index in [1.54, 1.807) is 18.2 Å². The van der Waals surface area contributed by atoms with E-state index in [1.165, 1.54) is 16.5 Å². The Hall–Kier alpha value is -3.28. The monoisotopic (exact) mass is 374 g/mol. The van der Waals surface area contributed by atoms with Gasteiger partial charge in [0.15, 0.2) is 0 Å². The first-order valence-corrected chi connectivity index (χ1v) is 9.61. The van der Waals surface area contributed by atoms with Crippen molar-refractivity contribution in [3.8, 4) is 0 Å². The molecule has 0 radical (unpaired) electrons. The fourth-order valence-electron chi connectivity index (χ4n) is 4.45. The van der Waals surface area contributed by atoms with Crippen molar-refractivity contribution in [2.75, 3.05) is 7.05 Å². The minimum absolute atomic E-state index is 0.0185. The van der Waals surface area contributed by atoms with Crippen LogP contribution in [0.2, 0.25) is 0 Å². The molecule has 5 rings (SSSR count). The zero-order valence-corrected chi connectivity index (χ0v) is 15.9. The van der Waals surface area contributed by atoms with Gasteiger partial charge in [-0.05, 0) is 62.1 Å². The molecule has 6 nitrogen and oxygen atoms in total. The van der Waals surface area contributed by atoms with Crippen LogP contribution in [-0.4, -0.2) is 32.8 Å². The predicted molar refractivity (Wildman–Crippen MR) is 110 cm³/mol. The van der Waals surface area contributed by atoms with Gasteiger partial charge in [-0.15, -0.1) is 0 Å². The molecular formula is C22H22N4O2. The Kier molecular flexibility index (Phi) is 3.69. The summed E-state index contributed by atoms with van der Waals surface area (Å²) in [6, 6.07) is 11.8. The van der Waals surface area contributed by atoms with Crippen molar-refractivity contribution in [1.82, 2.24) is 19.9 Å². The topological polar surface area (TPSA) is 84.8 Å². The maximum Gasteiger partial charge on any atom is 0.323 e. The van der Waals surface area contributed by atoms with Crippen LogP contribution in [0.3, 0.4) is 0 Å². The number of aromatic nitrogens is 3. The molecule has 4 aromatic rings. The fraction of sp³-hybridized carbons (Fsp3) is 0.273. The molecule has 2 aromatic heterocycles. The summed E-state index contributed by atoms with van der Waals surface area (Å²) in [5.41, 5.74) is 6.52. The van der Waals surface area contributed by atoms with E-state index in [-0.39, 0.29) is 17.6 Å². The van der Waals surface area contributed by atoms with Gasteiger partial charge in [-0.1, -0.05) is 11.6 Å². The van der Waals surface area contributed by atoms with Crippen molar-refractivity contribution in [2.45, 2.75) is 32.2 Å². The SMILES string of the molecule is Cc1ccc2[nH]c3c(c2c1)CCCC3N(C)C(=O)c1ccc2[nH]c(=O)[nH]c2c1. The summed E-state index contributed by atoms with van der Waals surface area (Å²) in [6.45, 7) is 2.11. The Morgan fingerprint density at radius 2 is 1.82 bits per heavy atom. The third kappa shape index (κ3) is 2.56. The van der Waals surface area contributed by atoms with Gasteiger partial charge in [0.05, 0.1) is 17.1 Å². The first kappa shape index (κ1) is 16.9. The Morgan fingerprint density at radius 3 is 2.68 bits per heavy atom. The summed E-state index contributed by atoms with van der Waals surface area (Å²) in [6.07, 6.45) is 3.03. The zero-order chi connectivity index (χ0) is 19.4. The van der Waals surface area contributed by atoms with Crippen LogP contribution in [0.25, 0.3) is 21.9 Å². The van der Waals surface area contributed by atoms with Crippen molar-refractivity contribution in [2.24, 2.45) is 0 Å². The van der Waals surface area contributed by atoms with E-state index in [9.17, 15) is 9.59 Å².